The number of hydrogen-bond acceptors (Lipinski definition) is 6. The maximum Gasteiger partial charge on any atom is 0.263 e. The number of benzene rings is 1. The van der Waals surface area contributed by atoms with Crippen LogP contribution in [0.4, 0.5) is 0 Å². The highest BCUT2D eigenvalue weighted by atomic mass is 32.2. The summed E-state index contributed by atoms with van der Waals surface area (Å²) in [6, 6.07) is 7.30. The molecule has 0 atom stereocenters. The van der Waals surface area contributed by atoms with Crippen LogP contribution in [0.1, 0.15) is 13.8 Å². The molecule has 1 aromatic carbocycles. The van der Waals surface area contributed by atoms with Gasteiger partial charge in [-0.05, 0) is 12.1 Å². The van der Waals surface area contributed by atoms with Crippen LogP contribution in [0, 0.1) is 5.92 Å². The van der Waals surface area contributed by atoms with Crippen molar-refractivity contribution in [2.45, 2.75) is 25.5 Å². The van der Waals surface area contributed by atoms with E-state index in [0.29, 0.717) is 54.6 Å². The van der Waals surface area contributed by atoms with Crippen molar-refractivity contribution in [3.8, 4) is 0 Å². The fourth-order valence-corrected chi connectivity index (χ4v) is 4.72. The van der Waals surface area contributed by atoms with Gasteiger partial charge in [0.1, 0.15) is 0 Å². The second kappa shape index (κ2) is 9.15. The van der Waals surface area contributed by atoms with Crippen molar-refractivity contribution >= 4 is 40.3 Å². The molecule has 0 bridgehead atoms. The fourth-order valence-electron chi connectivity index (χ4n) is 3.88. The third kappa shape index (κ3) is 4.02. The van der Waals surface area contributed by atoms with Crippen LogP contribution < -0.4 is 5.56 Å². The molecule has 0 saturated carbocycles. The molecule has 1 fully saturated rings. The van der Waals surface area contributed by atoms with Gasteiger partial charge in [-0.2, -0.15) is 0 Å². The van der Waals surface area contributed by atoms with E-state index >= 15 is 0 Å². The Labute approximate surface area is 189 Å². The predicted molar refractivity (Wildman–Crippen MR) is 124 cm³/mol. The van der Waals surface area contributed by atoms with Gasteiger partial charge in [0.2, 0.25) is 17.6 Å². The Balaban J connectivity index is 1.53. The quantitative estimate of drug-likeness (QED) is 0.415. The number of thioether (sulfide) groups is 1. The number of hydrogen-bond donors (Lipinski definition) is 0. The molecule has 0 spiro atoms. The summed E-state index contributed by atoms with van der Waals surface area (Å²) in [6.45, 7) is 9.98. The molecule has 3 heterocycles. The van der Waals surface area contributed by atoms with Crippen molar-refractivity contribution in [2.75, 3.05) is 31.9 Å². The summed E-state index contributed by atoms with van der Waals surface area (Å²) in [6.07, 6.45) is 1.64. The van der Waals surface area contributed by atoms with Crippen molar-refractivity contribution in [3.05, 3.63) is 47.3 Å². The molecule has 0 radical (unpaired) electrons. The van der Waals surface area contributed by atoms with Gasteiger partial charge < -0.3 is 9.80 Å². The average molecular weight is 455 g/mol. The van der Waals surface area contributed by atoms with Crippen LogP contribution in [0.3, 0.4) is 0 Å². The number of para-hydroxylation sites is 1. The Kier molecular flexibility index (Phi) is 6.31. The Morgan fingerprint density at radius 2 is 1.81 bits per heavy atom. The summed E-state index contributed by atoms with van der Waals surface area (Å²) in [5.41, 5.74) is 0.551. The minimum absolute atomic E-state index is 0.00730. The average Bonchev–Trinajstić information content (AvgIpc) is 3.23. The minimum Gasteiger partial charge on any atom is -0.339 e. The van der Waals surface area contributed by atoms with Gasteiger partial charge in [0.15, 0.2) is 5.16 Å². The largest absolute Gasteiger partial charge is 0.339 e. The van der Waals surface area contributed by atoms with Crippen molar-refractivity contribution in [3.63, 3.8) is 0 Å². The van der Waals surface area contributed by atoms with Gasteiger partial charge >= 0.3 is 0 Å². The maximum atomic E-state index is 12.9. The van der Waals surface area contributed by atoms with E-state index in [2.05, 4.69) is 16.8 Å². The molecular formula is C22H26N6O3S. The van der Waals surface area contributed by atoms with Crippen LogP contribution in [0.2, 0.25) is 0 Å². The van der Waals surface area contributed by atoms with Crippen molar-refractivity contribution in [1.82, 2.24) is 29.0 Å². The summed E-state index contributed by atoms with van der Waals surface area (Å²) < 4.78 is 3.34. The number of rotatable bonds is 6. The summed E-state index contributed by atoms with van der Waals surface area (Å²) >= 11 is 1.29. The molecule has 2 amide bonds. The van der Waals surface area contributed by atoms with Crippen LogP contribution in [-0.4, -0.2) is 72.7 Å². The Morgan fingerprint density at radius 3 is 2.50 bits per heavy atom. The Morgan fingerprint density at radius 1 is 1.12 bits per heavy atom. The second-order valence-corrected chi connectivity index (χ2v) is 8.93. The molecule has 4 rings (SSSR count). The molecule has 0 N–H and O–H groups in total. The molecule has 0 unspecified atom stereocenters. The predicted octanol–water partition coefficient (Wildman–Crippen LogP) is 1.65. The lowest BCUT2D eigenvalue weighted by molar-refractivity contribution is -0.140. The summed E-state index contributed by atoms with van der Waals surface area (Å²) in [5, 5.41) is 9.59. The van der Waals surface area contributed by atoms with Gasteiger partial charge in [0.25, 0.3) is 5.56 Å². The maximum absolute atomic E-state index is 12.9. The number of aromatic nitrogens is 4. The van der Waals surface area contributed by atoms with Gasteiger partial charge in [0.05, 0.1) is 16.7 Å². The van der Waals surface area contributed by atoms with Crippen molar-refractivity contribution in [1.29, 1.82) is 0 Å². The zero-order valence-electron chi connectivity index (χ0n) is 18.2. The Hall–Kier alpha value is -3.14. The van der Waals surface area contributed by atoms with Crippen LogP contribution in [0.25, 0.3) is 16.7 Å². The molecule has 0 aliphatic carbocycles. The van der Waals surface area contributed by atoms with Gasteiger partial charge in [-0.1, -0.05) is 43.8 Å². The van der Waals surface area contributed by atoms with Gasteiger partial charge in [-0.15, -0.1) is 16.8 Å². The number of amides is 2. The molecule has 10 heteroatoms. The molecule has 168 valence electrons. The molecule has 1 aliphatic heterocycles. The van der Waals surface area contributed by atoms with E-state index in [1.165, 1.54) is 16.3 Å². The number of carbonyl (C=O) groups is 2. The van der Waals surface area contributed by atoms with E-state index in [9.17, 15) is 14.4 Å². The lowest BCUT2D eigenvalue weighted by Gasteiger charge is -2.35. The minimum atomic E-state index is -0.151. The van der Waals surface area contributed by atoms with Crippen LogP contribution in [0.5, 0.6) is 0 Å². The topological polar surface area (TPSA) is 92.8 Å². The highest BCUT2D eigenvalue weighted by molar-refractivity contribution is 7.99. The number of allylic oxidation sites excluding steroid dienone is 1. The highest BCUT2D eigenvalue weighted by Gasteiger charge is 2.26. The smallest absolute Gasteiger partial charge is 0.263 e. The molecule has 2 aromatic heterocycles. The number of fused-ring (bicyclic) bond motifs is 3. The first kappa shape index (κ1) is 22.1. The van der Waals surface area contributed by atoms with Crippen molar-refractivity contribution in [2.24, 2.45) is 5.92 Å². The zero-order chi connectivity index (χ0) is 22.8. The molecule has 32 heavy (non-hydrogen) atoms. The monoisotopic (exact) mass is 454 g/mol. The summed E-state index contributed by atoms with van der Waals surface area (Å²) in [4.78, 5) is 41.4. The van der Waals surface area contributed by atoms with E-state index in [1.807, 2.05) is 41.3 Å². The second-order valence-electron chi connectivity index (χ2n) is 7.99. The normalized spacial score (nSPS) is 14.5. The third-order valence-corrected chi connectivity index (χ3v) is 6.47. The van der Waals surface area contributed by atoms with E-state index in [-0.39, 0.29) is 29.0 Å². The van der Waals surface area contributed by atoms with Crippen LogP contribution in [0.15, 0.2) is 46.9 Å². The molecule has 9 nitrogen and oxygen atoms in total. The zero-order valence-corrected chi connectivity index (χ0v) is 19.0. The molecular weight excluding hydrogens is 428 g/mol. The SMILES string of the molecule is C=CCn1c(=O)c2ccccc2n2c(SCC(=O)N3CCN(C(=O)C(C)C)CC3)nnc12. The molecule has 1 saturated heterocycles. The fraction of sp³-hybridized carbons (Fsp3) is 0.409. The number of piperazine rings is 1. The van der Waals surface area contributed by atoms with Gasteiger partial charge in [0, 0.05) is 38.6 Å². The third-order valence-electron chi connectivity index (χ3n) is 5.55. The number of nitrogens with zero attached hydrogens (tertiary/aromatic N) is 6. The van der Waals surface area contributed by atoms with E-state index in [1.54, 1.807) is 17.0 Å². The van der Waals surface area contributed by atoms with Crippen LogP contribution >= 0.6 is 11.8 Å². The molecule has 3 aromatic rings. The lowest BCUT2D eigenvalue weighted by atomic mass is 10.1. The summed E-state index contributed by atoms with van der Waals surface area (Å²) in [5.74, 6) is 0.700. The first-order valence-corrected chi connectivity index (χ1v) is 11.6. The molecule has 1 aliphatic rings. The number of carbonyl (C=O) groups excluding carboxylic acids is 2. The Bertz CT molecular complexity index is 1240. The van der Waals surface area contributed by atoms with E-state index < -0.39 is 0 Å². The highest BCUT2D eigenvalue weighted by Crippen LogP contribution is 2.22. The van der Waals surface area contributed by atoms with Gasteiger partial charge in [-0.25, -0.2) is 0 Å². The van der Waals surface area contributed by atoms with Gasteiger partial charge in [-0.3, -0.25) is 23.4 Å². The van der Waals surface area contributed by atoms with E-state index in [4.69, 9.17) is 0 Å². The standard InChI is InChI=1S/C22H26N6O3S/c1-4-9-27-20(31)16-7-5-6-8-17(16)28-21(27)23-24-22(28)32-14-18(29)25-10-12-26(13-11-25)19(30)15(2)3/h4-8,15H,1,9-14H2,2-3H3. The van der Waals surface area contributed by atoms with Crippen LogP contribution in [-0.2, 0) is 16.1 Å². The lowest BCUT2D eigenvalue weighted by Crippen LogP contribution is -2.51. The summed E-state index contributed by atoms with van der Waals surface area (Å²) in [7, 11) is 0. The van der Waals surface area contributed by atoms with E-state index in [0.717, 1.165) is 0 Å². The first-order valence-electron chi connectivity index (χ1n) is 10.6. The first-order chi connectivity index (χ1) is 15.4. The van der Waals surface area contributed by atoms with Crippen molar-refractivity contribution < 1.29 is 9.59 Å².